The highest BCUT2D eigenvalue weighted by Crippen LogP contribution is 2.50. The van der Waals surface area contributed by atoms with E-state index in [0.29, 0.717) is 6.54 Å². The first-order valence-electron chi connectivity index (χ1n) is 10.5. The first-order valence-corrected chi connectivity index (χ1v) is 10.5. The van der Waals surface area contributed by atoms with Crippen LogP contribution < -0.4 is 4.74 Å². The van der Waals surface area contributed by atoms with Gasteiger partial charge in [0.05, 0.1) is 12.5 Å². The van der Waals surface area contributed by atoms with Crippen molar-refractivity contribution >= 4 is 11.5 Å². The molecule has 0 atom stereocenters. The normalized spacial score (nSPS) is 15.0. The van der Waals surface area contributed by atoms with E-state index in [-0.39, 0.29) is 17.4 Å². The number of phenolic OH excluding ortho intramolecular Hbond substituents is 2. The van der Waals surface area contributed by atoms with E-state index in [2.05, 4.69) is 19.1 Å². The number of phenols is 2. The molecule has 5 nitrogen and oxygen atoms in total. The molecule has 2 N–H and O–H groups in total. The van der Waals surface area contributed by atoms with Gasteiger partial charge in [-0.3, -0.25) is 4.79 Å². The molecule has 0 unspecified atom stereocenters. The summed E-state index contributed by atoms with van der Waals surface area (Å²) in [4.78, 5) is 15.0. The Morgan fingerprint density at radius 3 is 2.57 bits per heavy atom. The van der Waals surface area contributed by atoms with Gasteiger partial charge in [0.15, 0.2) is 11.5 Å². The zero-order chi connectivity index (χ0) is 21.7. The predicted molar refractivity (Wildman–Crippen MR) is 119 cm³/mol. The van der Waals surface area contributed by atoms with Gasteiger partial charge in [0.1, 0.15) is 5.75 Å². The Bertz CT molecular complexity index is 930. The van der Waals surface area contributed by atoms with Crippen LogP contribution in [0.1, 0.15) is 50.2 Å². The van der Waals surface area contributed by atoms with Crippen LogP contribution in [-0.4, -0.2) is 41.7 Å². The topological polar surface area (TPSA) is 70.0 Å². The molecule has 1 amide bonds. The number of ether oxygens (including phenoxy) is 1. The first-order chi connectivity index (χ1) is 14.4. The van der Waals surface area contributed by atoms with E-state index in [1.807, 2.05) is 25.2 Å². The average molecular weight is 410 g/mol. The van der Waals surface area contributed by atoms with Gasteiger partial charge in [0, 0.05) is 13.6 Å². The number of hydrogen-bond acceptors (Lipinski definition) is 4. The largest absolute Gasteiger partial charge is 0.504 e. The molecule has 30 heavy (non-hydrogen) atoms. The summed E-state index contributed by atoms with van der Waals surface area (Å²) in [6.07, 6.45) is 6.77. The number of rotatable bonds is 9. The van der Waals surface area contributed by atoms with E-state index in [1.54, 1.807) is 18.1 Å². The molecule has 0 heterocycles. The van der Waals surface area contributed by atoms with Crippen LogP contribution in [0.15, 0.2) is 48.5 Å². The summed E-state index contributed by atoms with van der Waals surface area (Å²) in [5, 5.41) is 19.4. The second kappa shape index (κ2) is 9.24. The summed E-state index contributed by atoms with van der Waals surface area (Å²) in [5.74, 6) is 0.513. The number of likely N-dealkylation sites (N-methyl/N-ethyl adjacent to an activating group) is 1. The molecule has 0 saturated heterocycles. The number of allylic oxidation sites excluding steroid dienone is 1. The second-order valence-electron chi connectivity index (χ2n) is 8.04. The highest BCUT2D eigenvalue weighted by molar-refractivity contribution is 5.91. The molecule has 0 radical (unpaired) electrons. The maximum absolute atomic E-state index is 13.2. The highest BCUT2D eigenvalue weighted by Gasteiger charge is 2.52. The van der Waals surface area contributed by atoms with E-state index in [1.165, 1.54) is 17.7 Å². The van der Waals surface area contributed by atoms with Crippen molar-refractivity contribution in [3.8, 4) is 17.2 Å². The van der Waals surface area contributed by atoms with Crippen LogP contribution in [0.4, 0.5) is 0 Å². The van der Waals surface area contributed by atoms with Crippen molar-refractivity contribution in [1.82, 2.24) is 4.90 Å². The standard InChI is InChI=1S/C25H31NO4/c1-4-5-7-18(19-8-6-9-21(16-19)30-3)12-15-26(2)24(29)25(13-14-25)20-10-11-22(27)23(28)17-20/h6,8-12,16-17,27-28H,4-5,7,13-15H2,1-3H3/b18-12+. The molecule has 1 aliphatic rings. The van der Waals surface area contributed by atoms with Crippen LogP contribution in [0.2, 0.25) is 0 Å². The lowest BCUT2D eigenvalue weighted by Gasteiger charge is -2.23. The monoisotopic (exact) mass is 409 g/mol. The predicted octanol–water partition coefficient (Wildman–Crippen LogP) is 4.87. The molecule has 1 fully saturated rings. The molecular weight excluding hydrogens is 378 g/mol. The Kier molecular flexibility index (Phi) is 6.70. The number of carbonyl (C=O) groups excluding carboxylic acids is 1. The second-order valence-corrected chi connectivity index (χ2v) is 8.04. The Labute approximate surface area is 178 Å². The number of hydrogen-bond donors (Lipinski definition) is 2. The molecule has 1 aliphatic carbocycles. The summed E-state index contributed by atoms with van der Waals surface area (Å²) >= 11 is 0. The number of amides is 1. The summed E-state index contributed by atoms with van der Waals surface area (Å²) in [6, 6.07) is 12.7. The molecule has 0 spiro atoms. The summed E-state index contributed by atoms with van der Waals surface area (Å²) in [5.41, 5.74) is 2.50. The third kappa shape index (κ3) is 4.61. The van der Waals surface area contributed by atoms with Crippen molar-refractivity contribution in [2.24, 2.45) is 0 Å². The van der Waals surface area contributed by atoms with Crippen LogP contribution in [0.25, 0.3) is 5.57 Å². The molecule has 0 aliphatic heterocycles. The molecule has 2 aromatic rings. The van der Waals surface area contributed by atoms with E-state index < -0.39 is 5.41 Å². The molecule has 0 aromatic heterocycles. The molecule has 160 valence electrons. The van der Waals surface area contributed by atoms with Gasteiger partial charge in [0.2, 0.25) is 5.91 Å². The van der Waals surface area contributed by atoms with Gasteiger partial charge in [-0.15, -0.1) is 0 Å². The molecule has 2 aromatic carbocycles. The van der Waals surface area contributed by atoms with Gasteiger partial charge in [0.25, 0.3) is 0 Å². The lowest BCUT2D eigenvalue weighted by Crippen LogP contribution is -2.36. The number of nitrogens with zero attached hydrogens (tertiary/aromatic N) is 1. The Morgan fingerprint density at radius 1 is 1.17 bits per heavy atom. The number of methoxy groups -OCH3 is 1. The van der Waals surface area contributed by atoms with Gasteiger partial charge in [-0.25, -0.2) is 0 Å². The maximum atomic E-state index is 13.2. The minimum absolute atomic E-state index is 0.0457. The van der Waals surface area contributed by atoms with Gasteiger partial charge in [-0.1, -0.05) is 37.6 Å². The lowest BCUT2D eigenvalue weighted by atomic mass is 9.93. The van der Waals surface area contributed by atoms with E-state index in [0.717, 1.165) is 49.0 Å². The molecule has 1 saturated carbocycles. The third-order valence-electron chi connectivity index (χ3n) is 5.89. The minimum atomic E-state index is -0.590. The zero-order valence-electron chi connectivity index (χ0n) is 18.0. The zero-order valence-corrected chi connectivity index (χ0v) is 18.0. The lowest BCUT2D eigenvalue weighted by molar-refractivity contribution is -0.132. The summed E-state index contributed by atoms with van der Waals surface area (Å²) in [7, 11) is 3.49. The fourth-order valence-corrected chi connectivity index (χ4v) is 3.82. The molecule has 3 rings (SSSR count). The molecule has 0 bridgehead atoms. The van der Waals surface area contributed by atoms with E-state index in [4.69, 9.17) is 4.74 Å². The van der Waals surface area contributed by atoms with Crippen LogP contribution in [0.5, 0.6) is 17.2 Å². The van der Waals surface area contributed by atoms with Crippen molar-refractivity contribution < 1.29 is 19.7 Å². The SMILES string of the molecule is CCCC/C(=C\CN(C)C(=O)C1(c2ccc(O)c(O)c2)CC1)c1cccc(OC)c1. The average Bonchev–Trinajstić information content (AvgIpc) is 3.57. The van der Waals surface area contributed by atoms with Gasteiger partial charge >= 0.3 is 0 Å². The van der Waals surface area contributed by atoms with Crippen LogP contribution in [-0.2, 0) is 10.2 Å². The maximum Gasteiger partial charge on any atom is 0.233 e. The number of carbonyl (C=O) groups is 1. The Morgan fingerprint density at radius 2 is 1.93 bits per heavy atom. The molecule has 5 heteroatoms. The van der Waals surface area contributed by atoms with Crippen molar-refractivity contribution in [1.29, 1.82) is 0 Å². The first kappa shape index (κ1) is 21.8. The highest BCUT2D eigenvalue weighted by atomic mass is 16.5. The van der Waals surface area contributed by atoms with E-state index >= 15 is 0 Å². The Balaban J connectivity index is 1.77. The summed E-state index contributed by atoms with van der Waals surface area (Å²) < 4.78 is 5.36. The van der Waals surface area contributed by atoms with Crippen LogP contribution in [0, 0.1) is 0 Å². The number of benzene rings is 2. The van der Waals surface area contributed by atoms with Crippen molar-refractivity contribution in [3.63, 3.8) is 0 Å². The van der Waals surface area contributed by atoms with Gasteiger partial charge < -0.3 is 19.8 Å². The van der Waals surface area contributed by atoms with Crippen molar-refractivity contribution in [3.05, 3.63) is 59.7 Å². The van der Waals surface area contributed by atoms with Crippen molar-refractivity contribution in [2.75, 3.05) is 20.7 Å². The third-order valence-corrected chi connectivity index (χ3v) is 5.89. The Hall–Kier alpha value is -2.95. The van der Waals surface area contributed by atoms with Gasteiger partial charge in [-0.05, 0) is 66.6 Å². The quantitative estimate of drug-likeness (QED) is 0.580. The fraction of sp³-hybridized carbons (Fsp3) is 0.400. The summed E-state index contributed by atoms with van der Waals surface area (Å²) in [6.45, 7) is 2.68. The van der Waals surface area contributed by atoms with Gasteiger partial charge in [-0.2, -0.15) is 0 Å². The minimum Gasteiger partial charge on any atom is -0.504 e. The van der Waals surface area contributed by atoms with Crippen LogP contribution >= 0.6 is 0 Å². The fourth-order valence-electron chi connectivity index (χ4n) is 3.82. The number of unbranched alkanes of at least 4 members (excludes halogenated alkanes) is 1. The van der Waals surface area contributed by atoms with Crippen molar-refractivity contribution in [2.45, 2.75) is 44.4 Å². The smallest absolute Gasteiger partial charge is 0.233 e. The molecular formula is C25H31NO4. The van der Waals surface area contributed by atoms with Crippen LogP contribution in [0.3, 0.4) is 0 Å². The van der Waals surface area contributed by atoms with E-state index in [9.17, 15) is 15.0 Å². The number of aromatic hydroxyl groups is 2.